The molecule has 0 bridgehead atoms. The van der Waals surface area contributed by atoms with E-state index in [4.69, 9.17) is 15.2 Å². The van der Waals surface area contributed by atoms with E-state index in [1.165, 1.54) is 0 Å². The van der Waals surface area contributed by atoms with Crippen LogP contribution < -0.4 is 11.1 Å². The van der Waals surface area contributed by atoms with Crippen molar-refractivity contribution in [1.29, 1.82) is 0 Å². The normalized spacial score (nSPS) is 11.8. The summed E-state index contributed by atoms with van der Waals surface area (Å²) >= 11 is 0. The van der Waals surface area contributed by atoms with Crippen LogP contribution in [0.3, 0.4) is 0 Å². The van der Waals surface area contributed by atoms with E-state index in [-0.39, 0.29) is 6.61 Å². The predicted molar refractivity (Wildman–Crippen MR) is 103 cm³/mol. The Morgan fingerprint density at radius 3 is 2.28 bits per heavy atom. The second kappa shape index (κ2) is 11.0. The van der Waals surface area contributed by atoms with Crippen LogP contribution in [0.5, 0.6) is 0 Å². The third-order valence-electron chi connectivity index (χ3n) is 3.45. The lowest BCUT2D eigenvalue weighted by Crippen LogP contribution is -2.54. The van der Waals surface area contributed by atoms with Crippen molar-refractivity contribution in [2.24, 2.45) is 5.73 Å². The number of carbonyl (C=O) groups is 4. The molecule has 10 nitrogen and oxygen atoms in total. The van der Waals surface area contributed by atoms with Crippen molar-refractivity contribution in [3.05, 3.63) is 35.9 Å². The molecule has 160 valence electrons. The highest BCUT2D eigenvalue weighted by Gasteiger charge is 2.33. The van der Waals surface area contributed by atoms with Gasteiger partial charge in [0.2, 0.25) is 5.91 Å². The third-order valence-corrected chi connectivity index (χ3v) is 3.45. The standard InChI is InChI=1S/C19H27N3O7/c1-19(2,3)29-18(26)22(15(23)10-20)11-14(16(24)27-4)21-17(25)28-12-13-8-6-5-7-9-13/h5-9,14H,10-12,20H2,1-4H3,(H,21,25)/t14-/m0/s1. The summed E-state index contributed by atoms with van der Waals surface area (Å²) in [6, 6.07) is 7.53. The average Bonchev–Trinajstić information content (AvgIpc) is 2.67. The summed E-state index contributed by atoms with van der Waals surface area (Å²) in [7, 11) is 1.11. The average molecular weight is 409 g/mol. The van der Waals surface area contributed by atoms with Crippen LogP contribution in [-0.4, -0.2) is 60.8 Å². The molecule has 0 saturated heterocycles. The van der Waals surface area contributed by atoms with Gasteiger partial charge in [0, 0.05) is 0 Å². The van der Waals surface area contributed by atoms with Gasteiger partial charge in [0.1, 0.15) is 18.2 Å². The molecular formula is C19H27N3O7. The van der Waals surface area contributed by atoms with Gasteiger partial charge in [-0.15, -0.1) is 0 Å². The molecule has 0 spiro atoms. The van der Waals surface area contributed by atoms with Gasteiger partial charge in [0.25, 0.3) is 0 Å². The Morgan fingerprint density at radius 2 is 1.76 bits per heavy atom. The van der Waals surface area contributed by atoms with Gasteiger partial charge < -0.3 is 25.3 Å². The quantitative estimate of drug-likeness (QED) is 0.506. The number of esters is 1. The molecular weight excluding hydrogens is 382 g/mol. The van der Waals surface area contributed by atoms with Gasteiger partial charge in [-0.05, 0) is 26.3 Å². The number of imide groups is 1. The minimum absolute atomic E-state index is 0.0297. The number of alkyl carbamates (subject to hydrolysis) is 1. The molecule has 1 atom stereocenters. The van der Waals surface area contributed by atoms with E-state index in [2.05, 4.69) is 10.1 Å². The highest BCUT2D eigenvalue weighted by atomic mass is 16.6. The zero-order chi connectivity index (χ0) is 22.0. The van der Waals surface area contributed by atoms with Crippen LogP contribution in [0, 0.1) is 0 Å². The van der Waals surface area contributed by atoms with Gasteiger partial charge in [0.05, 0.1) is 20.2 Å². The zero-order valence-corrected chi connectivity index (χ0v) is 17.0. The predicted octanol–water partition coefficient (Wildman–Crippen LogP) is 1.18. The van der Waals surface area contributed by atoms with E-state index >= 15 is 0 Å². The molecule has 0 heterocycles. The van der Waals surface area contributed by atoms with E-state index in [1.807, 2.05) is 6.07 Å². The monoisotopic (exact) mass is 409 g/mol. The molecule has 1 aromatic carbocycles. The fraction of sp³-hybridized carbons (Fsp3) is 0.474. The van der Waals surface area contributed by atoms with Gasteiger partial charge in [-0.3, -0.25) is 4.79 Å². The summed E-state index contributed by atoms with van der Waals surface area (Å²) in [5.41, 5.74) is 5.20. The maximum absolute atomic E-state index is 12.3. The van der Waals surface area contributed by atoms with Gasteiger partial charge >= 0.3 is 18.2 Å². The van der Waals surface area contributed by atoms with Crippen LogP contribution in [0.25, 0.3) is 0 Å². The van der Waals surface area contributed by atoms with Crippen LogP contribution in [0.15, 0.2) is 30.3 Å². The summed E-state index contributed by atoms with van der Waals surface area (Å²) in [4.78, 5) is 49.2. The van der Waals surface area contributed by atoms with Crippen molar-refractivity contribution < 1.29 is 33.4 Å². The number of carbonyl (C=O) groups excluding carboxylic acids is 4. The number of ether oxygens (including phenoxy) is 3. The van der Waals surface area contributed by atoms with Crippen molar-refractivity contribution >= 4 is 24.1 Å². The summed E-state index contributed by atoms with van der Waals surface area (Å²) < 4.78 is 14.9. The number of nitrogens with zero attached hydrogens (tertiary/aromatic N) is 1. The van der Waals surface area contributed by atoms with Gasteiger partial charge in [-0.1, -0.05) is 30.3 Å². The second-order valence-electron chi connectivity index (χ2n) is 6.97. The van der Waals surface area contributed by atoms with Crippen molar-refractivity contribution in [3.8, 4) is 0 Å². The molecule has 0 unspecified atom stereocenters. The Hall–Kier alpha value is -3.14. The van der Waals surface area contributed by atoms with Crippen LogP contribution in [0.1, 0.15) is 26.3 Å². The summed E-state index contributed by atoms with van der Waals surface area (Å²) in [6.45, 7) is 3.80. The molecule has 0 aliphatic heterocycles. The van der Waals surface area contributed by atoms with Crippen molar-refractivity contribution in [2.45, 2.75) is 39.0 Å². The fourth-order valence-corrected chi connectivity index (χ4v) is 2.12. The minimum Gasteiger partial charge on any atom is -0.467 e. The molecule has 1 rings (SSSR count). The van der Waals surface area contributed by atoms with Gasteiger partial charge in [-0.25, -0.2) is 19.3 Å². The van der Waals surface area contributed by atoms with Crippen LogP contribution in [0.4, 0.5) is 9.59 Å². The SMILES string of the molecule is COC(=O)[C@H](CN(C(=O)CN)C(=O)OC(C)(C)C)NC(=O)OCc1ccccc1. The maximum atomic E-state index is 12.3. The fourth-order valence-electron chi connectivity index (χ4n) is 2.12. The number of rotatable bonds is 7. The van der Waals surface area contributed by atoms with Gasteiger partial charge in [-0.2, -0.15) is 0 Å². The number of methoxy groups -OCH3 is 1. The smallest absolute Gasteiger partial charge is 0.417 e. The van der Waals surface area contributed by atoms with E-state index in [1.54, 1.807) is 45.0 Å². The van der Waals surface area contributed by atoms with Crippen molar-refractivity contribution in [1.82, 2.24) is 10.2 Å². The molecule has 3 N–H and O–H groups in total. The Balaban J connectivity index is 2.85. The summed E-state index contributed by atoms with van der Waals surface area (Å²) in [5, 5.41) is 2.29. The zero-order valence-electron chi connectivity index (χ0n) is 17.0. The first-order chi connectivity index (χ1) is 13.6. The Kier molecular flexibility index (Phi) is 9.07. The molecule has 1 aromatic rings. The topological polar surface area (TPSA) is 137 Å². The number of hydrogen-bond donors (Lipinski definition) is 2. The largest absolute Gasteiger partial charge is 0.467 e. The second-order valence-corrected chi connectivity index (χ2v) is 6.97. The number of nitrogens with two attached hydrogens (primary N) is 1. The molecule has 0 radical (unpaired) electrons. The Bertz CT molecular complexity index is 716. The molecule has 0 fully saturated rings. The lowest BCUT2D eigenvalue weighted by atomic mass is 10.2. The number of hydrogen-bond acceptors (Lipinski definition) is 8. The van der Waals surface area contributed by atoms with Crippen LogP contribution in [0.2, 0.25) is 0 Å². The molecule has 0 aliphatic rings. The van der Waals surface area contributed by atoms with Crippen LogP contribution in [-0.2, 0) is 30.4 Å². The van der Waals surface area contributed by atoms with E-state index in [0.717, 1.165) is 12.7 Å². The van der Waals surface area contributed by atoms with E-state index in [0.29, 0.717) is 4.90 Å². The van der Waals surface area contributed by atoms with Crippen LogP contribution >= 0.6 is 0 Å². The highest BCUT2D eigenvalue weighted by molar-refractivity contribution is 5.94. The molecule has 0 saturated carbocycles. The van der Waals surface area contributed by atoms with Crippen molar-refractivity contribution in [2.75, 3.05) is 20.2 Å². The molecule has 29 heavy (non-hydrogen) atoms. The molecule has 0 aromatic heterocycles. The Labute approximate surface area is 169 Å². The number of nitrogens with one attached hydrogen (secondary N) is 1. The first-order valence-corrected chi connectivity index (χ1v) is 8.85. The lowest BCUT2D eigenvalue weighted by molar-refractivity contribution is -0.144. The number of benzene rings is 1. The first-order valence-electron chi connectivity index (χ1n) is 8.85. The van der Waals surface area contributed by atoms with Crippen molar-refractivity contribution in [3.63, 3.8) is 0 Å². The minimum atomic E-state index is -1.37. The first kappa shape index (κ1) is 23.9. The highest BCUT2D eigenvalue weighted by Crippen LogP contribution is 2.11. The number of amides is 3. The van der Waals surface area contributed by atoms with E-state index < -0.39 is 48.8 Å². The molecule has 3 amide bonds. The molecule has 0 aliphatic carbocycles. The van der Waals surface area contributed by atoms with E-state index in [9.17, 15) is 19.2 Å². The summed E-state index contributed by atoms with van der Waals surface area (Å²) in [5.74, 6) is -1.66. The molecule has 10 heteroatoms. The summed E-state index contributed by atoms with van der Waals surface area (Å²) in [6.07, 6.45) is -1.92. The lowest BCUT2D eigenvalue weighted by Gasteiger charge is -2.28. The third kappa shape index (κ3) is 8.60. The Morgan fingerprint density at radius 1 is 1.14 bits per heavy atom. The maximum Gasteiger partial charge on any atom is 0.417 e. The van der Waals surface area contributed by atoms with Gasteiger partial charge in [0.15, 0.2) is 0 Å².